The van der Waals surface area contributed by atoms with E-state index in [2.05, 4.69) is 5.10 Å². The average Bonchev–Trinajstić information content (AvgIpc) is 2.54. The molecule has 11 heavy (non-hydrogen) atoms. The van der Waals surface area contributed by atoms with Crippen LogP contribution >= 0.6 is 0 Å². The van der Waals surface area contributed by atoms with E-state index >= 15 is 0 Å². The zero-order valence-electron chi connectivity index (χ0n) is 7.36. The lowest BCUT2D eigenvalue weighted by Gasteiger charge is -2.22. The van der Waals surface area contributed by atoms with Crippen molar-refractivity contribution in [3.63, 3.8) is 0 Å². The number of nitrogens with zero attached hydrogens (tertiary/aromatic N) is 2. The second kappa shape index (κ2) is 3.05. The summed E-state index contributed by atoms with van der Waals surface area (Å²) in [6.45, 7) is 0.817. The van der Waals surface area contributed by atoms with Crippen molar-refractivity contribution in [3.8, 4) is 0 Å². The summed E-state index contributed by atoms with van der Waals surface area (Å²) in [7, 11) is 0. The van der Waals surface area contributed by atoms with Gasteiger partial charge in [-0.1, -0.05) is 0 Å². The Labute approximate surface area is 67.4 Å². The Morgan fingerprint density at radius 3 is 3.27 bits per heavy atom. The summed E-state index contributed by atoms with van der Waals surface area (Å²) >= 11 is 0. The molecule has 0 N–H and O–H groups in total. The minimum Gasteiger partial charge on any atom is -0.357 e. The van der Waals surface area contributed by atoms with Crippen molar-refractivity contribution in [3.05, 3.63) is 18.4 Å². The summed E-state index contributed by atoms with van der Waals surface area (Å²) in [6, 6.07) is 1.68. The van der Waals surface area contributed by atoms with Gasteiger partial charge >= 0.3 is 0 Å². The Kier molecular flexibility index (Phi) is 1.60. The van der Waals surface area contributed by atoms with Gasteiger partial charge in [-0.3, -0.25) is 0 Å². The first-order valence-electron chi connectivity index (χ1n) is 4.49. The lowest BCUT2D eigenvalue weighted by molar-refractivity contribution is -0.0394. The highest BCUT2D eigenvalue weighted by molar-refractivity contribution is 4.79. The van der Waals surface area contributed by atoms with Gasteiger partial charge in [0.05, 0.1) is 1.37 Å². The molecule has 0 aromatic carbocycles. The van der Waals surface area contributed by atoms with E-state index in [0.717, 1.165) is 19.4 Å². The molecular formula is C8H12N2O. The molecule has 1 aromatic heterocycles. The smallest absolute Gasteiger partial charge is 0.150 e. The molecule has 0 saturated carbocycles. The third-order valence-electron chi connectivity index (χ3n) is 1.93. The number of rotatable bonds is 1. The molecule has 0 bridgehead atoms. The van der Waals surface area contributed by atoms with Crippen LogP contribution in [0.2, 0.25) is 0 Å². The molecule has 1 atom stereocenters. The van der Waals surface area contributed by atoms with E-state index in [0.29, 0.717) is 6.17 Å². The van der Waals surface area contributed by atoms with Crippen LogP contribution in [0.5, 0.6) is 0 Å². The molecule has 0 amide bonds. The van der Waals surface area contributed by atoms with Crippen molar-refractivity contribution >= 4 is 0 Å². The Balaban J connectivity index is 2.08. The zero-order chi connectivity index (χ0) is 8.39. The van der Waals surface area contributed by atoms with Gasteiger partial charge in [0.25, 0.3) is 0 Å². The van der Waals surface area contributed by atoms with Crippen LogP contribution in [0.4, 0.5) is 0 Å². The molecule has 0 radical (unpaired) electrons. The molecule has 1 saturated heterocycles. The highest BCUT2D eigenvalue weighted by Crippen LogP contribution is 2.20. The van der Waals surface area contributed by atoms with Crippen molar-refractivity contribution in [1.82, 2.24) is 9.78 Å². The Hall–Kier alpha value is -0.830. The van der Waals surface area contributed by atoms with Gasteiger partial charge in [0, 0.05) is 19.0 Å². The standard InChI is InChI=1S/C8H12N2O/c1-2-7-11-8(4-1)10-6-3-5-9-10/h3,5-6,8H,1-2,4,7H2/i5D. The van der Waals surface area contributed by atoms with Crippen LogP contribution in [0.3, 0.4) is 0 Å². The van der Waals surface area contributed by atoms with Gasteiger partial charge in [0.2, 0.25) is 0 Å². The van der Waals surface area contributed by atoms with Crippen LogP contribution in [-0.2, 0) is 4.74 Å². The van der Waals surface area contributed by atoms with E-state index in [-0.39, 0.29) is 6.23 Å². The number of aromatic nitrogens is 2. The molecule has 1 unspecified atom stereocenters. The fourth-order valence-corrected chi connectivity index (χ4v) is 1.34. The molecule has 1 fully saturated rings. The summed E-state index contributed by atoms with van der Waals surface area (Å²) in [5.74, 6) is 0. The monoisotopic (exact) mass is 153 g/mol. The van der Waals surface area contributed by atoms with Crippen LogP contribution in [0.1, 0.15) is 26.9 Å². The number of hydrogen-bond donors (Lipinski definition) is 0. The Morgan fingerprint density at radius 2 is 2.64 bits per heavy atom. The van der Waals surface area contributed by atoms with Crippen LogP contribution in [0.25, 0.3) is 0 Å². The molecule has 3 nitrogen and oxygen atoms in total. The van der Waals surface area contributed by atoms with Crippen molar-refractivity contribution in [2.24, 2.45) is 0 Å². The van der Waals surface area contributed by atoms with E-state index in [9.17, 15) is 0 Å². The molecule has 2 heterocycles. The van der Waals surface area contributed by atoms with Crippen molar-refractivity contribution < 1.29 is 6.11 Å². The summed E-state index contributed by atoms with van der Waals surface area (Å²) < 4.78 is 14.5. The third-order valence-corrected chi connectivity index (χ3v) is 1.93. The van der Waals surface area contributed by atoms with Crippen LogP contribution in [0.15, 0.2) is 18.4 Å². The fraction of sp³-hybridized carbons (Fsp3) is 0.625. The second-order valence-corrected chi connectivity index (χ2v) is 2.75. The normalized spacial score (nSPS) is 26.5. The van der Waals surface area contributed by atoms with Gasteiger partial charge in [0.1, 0.15) is 6.23 Å². The van der Waals surface area contributed by atoms with Crippen molar-refractivity contribution in [2.75, 3.05) is 6.61 Å². The second-order valence-electron chi connectivity index (χ2n) is 2.75. The maximum absolute atomic E-state index is 7.25. The molecule has 0 aliphatic carbocycles. The Morgan fingerprint density at radius 1 is 1.64 bits per heavy atom. The maximum Gasteiger partial charge on any atom is 0.150 e. The van der Waals surface area contributed by atoms with Gasteiger partial charge in [-0.25, -0.2) is 4.68 Å². The van der Waals surface area contributed by atoms with Crippen LogP contribution < -0.4 is 0 Å². The van der Waals surface area contributed by atoms with Crippen molar-refractivity contribution in [2.45, 2.75) is 25.5 Å². The van der Waals surface area contributed by atoms with Crippen molar-refractivity contribution in [1.29, 1.82) is 0 Å². The predicted octanol–water partition coefficient (Wildman–Crippen LogP) is 1.58. The minimum absolute atomic E-state index is 0.0675. The van der Waals surface area contributed by atoms with Gasteiger partial charge in [0.15, 0.2) is 0 Å². The molecule has 1 aliphatic heterocycles. The summed E-state index contributed by atoms with van der Waals surface area (Å²) in [5, 5.41) is 3.99. The molecular weight excluding hydrogens is 140 g/mol. The van der Waals surface area contributed by atoms with Crippen LogP contribution in [-0.4, -0.2) is 16.4 Å². The summed E-state index contributed by atoms with van der Waals surface area (Å²) in [5.41, 5.74) is 0. The first-order valence-corrected chi connectivity index (χ1v) is 3.99. The maximum atomic E-state index is 7.25. The Bertz CT molecular complexity index is 255. The van der Waals surface area contributed by atoms with E-state index in [1.54, 1.807) is 16.9 Å². The van der Waals surface area contributed by atoms with Gasteiger partial charge in [-0.2, -0.15) is 5.10 Å². The van der Waals surface area contributed by atoms with E-state index in [1.165, 1.54) is 6.42 Å². The number of hydrogen-bond acceptors (Lipinski definition) is 2. The number of ether oxygens (including phenoxy) is 1. The van der Waals surface area contributed by atoms with Crippen LogP contribution in [0, 0.1) is 0 Å². The van der Waals surface area contributed by atoms with Gasteiger partial charge < -0.3 is 4.74 Å². The SMILES string of the molecule is [2H]c1ccn(C2CCCCO2)n1. The third kappa shape index (κ3) is 1.43. The molecule has 1 aliphatic rings. The summed E-state index contributed by atoms with van der Waals surface area (Å²) in [6.07, 6.45) is 5.53. The molecule has 3 heteroatoms. The first-order chi connectivity index (χ1) is 5.86. The quantitative estimate of drug-likeness (QED) is 0.612. The highest BCUT2D eigenvalue weighted by Gasteiger charge is 2.14. The predicted molar refractivity (Wildman–Crippen MR) is 41.1 cm³/mol. The topological polar surface area (TPSA) is 27.1 Å². The van der Waals surface area contributed by atoms with Gasteiger partial charge in [-0.15, -0.1) is 0 Å². The summed E-state index contributed by atoms with van der Waals surface area (Å²) in [4.78, 5) is 0. The largest absolute Gasteiger partial charge is 0.357 e. The average molecular weight is 153 g/mol. The fourth-order valence-electron chi connectivity index (χ4n) is 1.34. The van der Waals surface area contributed by atoms with E-state index in [4.69, 9.17) is 6.11 Å². The molecule has 2 rings (SSSR count). The minimum atomic E-state index is 0.0675. The molecule has 0 spiro atoms. The lowest BCUT2D eigenvalue weighted by Crippen LogP contribution is -2.18. The molecule has 60 valence electrons. The van der Waals surface area contributed by atoms with Gasteiger partial charge in [-0.05, 0) is 25.3 Å². The lowest BCUT2D eigenvalue weighted by atomic mass is 10.2. The first kappa shape index (κ1) is 5.77. The van der Waals surface area contributed by atoms with E-state index < -0.39 is 0 Å². The molecule has 1 aromatic rings. The highest BCUT2D eigenvalue weighted by atomic mass is 16.5. The van der Waals surface area contributed by atoms with E-state index in [1.807, 2.05) is 0 Å². The zero-order valence-corrected chi connectivity index (χ0v) is 6.36.